The molecule has 170 valence electrons. The molecule has 2 aromatic carbocycles. The highest BCUT2D eigenvalue weighted by atomic mass is 32.2. The number of nitrogens with zero attached hydrogens (tertiary/aromatic N) is 3. The maximum atomic E-state index is 13.2. The molecule has 1 amide bonds. The summed E-state index contributed by atoms with van der Waals surface area (Å²) >= 11 is 2.93. The van der Waals surface area contributed by atoms with Gasteiger partial charge in [0.2, 0.25) is 5.91 Å². The van der Waals surface area contributed by atoms with Crippen LogP contribution in [0.2, 0.25) is 0 Å². The second kappa shape index (κ2) is 11.4. The monoisotopic (exact) mass is 474 g/mol. The molecule has 1 unspecified atom stereocenters. The van der Waals surface area contributed by atoms with Gasteiger partial charge in [0.05, 0.1) is 11.4 Å². The van der Waals surface area contributed by atoms with E-state index < -0.39 is 0 Å². The summed E-state index contributed by atoms with van der Waals surface area (Å²) in [7, 11) is 0. The number of halogens is 1. The number of thioether (sulfide) groups is 2. The molecule has 0 bridgehead atoms. The van der Waals surface area contributed by atoms with Crippen LogP contribution in [0.3, 0.4) is 0 Å². The number of benzene rings is 2. The summed E-state index contributed by atoms with van der Waals surface area (Å²) in [4.78, 5) is 13.6. The molecule has 0 saturated carbocycles. The van der Waals surface area contributed by atoms with Gasteiger partial charge in [-0.05, 0) is 55.5 Å². The highest BCUT2D eigenvalue weighted by Gasteiger charge is 2.21. The number of hydrogen-bond donors (Lipinski definition) is 1. The summed E-state index contributed by atoms with van der Waals surface area (Å²) in [6, 6.07) is 13.6. The normalized spacial score (nSPS) is 12.1. The highest BCUT2D eigenvalue weighted by molar-refractivity contribution is 7.99. The molecule has 0 radical (unpaired) electrons. The van der Waals surface area contributed by atoms with E-state index >= 15 is 0 Å². The van der Waals surface area contributed by atoms with Gasteiger partial charge in [0, 0.05) is 11.4 Å². The van der Waals surface area contributed by atoms with Crippen molar-refractivity contribution in [1.29, 1.82) is 0 Å². The molecule has 0 fully saturated rings. The fourth-order valence-corrected chi connectivity index (χ4v) is 4.39. The third-order valence-corrected chi connectivity index (χ3v) is 6.26. The Morgan fingerprint density at radius 2 is 1.84 bits per heavy atom. The third-order valence-electron chi connectivity index (χ3n) is 4.50. The van der Waals surface area contributed by atoms with E-state index in [1.165, 1.54) is 23.9 Å². The summed E-state index contributed by atoms with van der Waals surface area (Å²) < 4.78 is 21.1. The van der Waals surface area contributed by atoms with Crippen molar-refractivity contribution in [2.45, 2.75) is 43.5 Å². The first-order valence-electron chi connectivity index (χ1n) is 10.3. The number of aromatic nitrogens is 3. The first-order chi connectivity index (χ1) is 15.4. The average Bonchev–Trinajstić information content (AvgIpc) is 3.16. The van der Waals surface area contributed by atoms with Gasteiger partial charge in [-0.15, -0.1) is 22.0 Å². The van der Waals surface area contributed by atoms with Crippen molar-refractivity contribution in [2.75, 3.05) is 17.3 Å². The van der Waals surface area contributed by atoms with Crippen molar-refractivity contribution >= 4 is 35.1 Å². The van der Waals surface area contributed by atoms with Crippen LogP contribution in [0.25, 0.3) is 0 Å². The number of anilines is 1. The van der Waals surface area contributed by atoms with Crippen molar-refractivity contribution < 1.29 is 13.9 Å². The Hall–Kier alpha value is -2.52. The molecule has 0 saturated heterocycles. The Balaban J connectivity index is 1.70. The van der Waals surface area contributed by atoms with Crippen LogP contribution < -0.4 is 10.1 Å². The Morgan fingerprint density at radius 1 is 1.12 bits per heavy atom. The summed E-state index contributed by atoms with van der Waals surface area (Å²) in [5, 5.41) is 12.3. The van der Waals surface area contributed by atoms with Gasteiger partial charge < -0.3 is 14.6 Å². The summed E-state index contributed by atoms with van der Waals surface area (Å²) in [6.07, 6.45) is 1.59. The van der Waals surface area contributed by atoms with Gasteiger partial charge in [0.15, 0.2) is 17.1 Å². The molecular weight excluding hydrogens is 447 g/mol. The van der Waals surface area contributed by atoms with Crippen LogP contribution in [0.4, 0.5) is 10.1 Å². The maximum Gasteiger partial charge on any atom is 0.234 e. The topological polar surface area (TPSA) is 69.0 Å². The summed E-state index contributed by atoms with van der Waals surface area (Å²) in [6.45, 7) is 6.79. The molecular formula is C23H27FN4O2S2. The SMILES string of the molecule is CSc1ccccc1NC(=O)CSc1nnc(C(C)Oc2ccc(F)cc2)n1CC(C)C. The fraction of sp³-hybridized carbons (Fsp3) is 0.348. The van der Waals surface area contributed by atoms with Crippen LogP contribution in [-0.4, -0.2) is 32.7 Å². The number of carbonyl (C=O) groups is 1. The molecule has 0 aliphatic carbocycles. The van der Waals surface area contributed by atoms with Crippen LogP contribution in [0, 0.1) is 11.7 Å². The highest BCUT2D eigenvalue weighted by Crippen LogP contribution is 2.27. The lowest BCUT2D eigenvalue weighted by molar-refractivity contribution is -0.113. The van der Waals surface area contributed by atoms with Gasteiger partial charge in [-0.2, -0.15) is 0 Å². The Kier molecular flexibility index (Phi) is 8.58. The van der Waals surface area contributed by atoms with Crippen molar-refractivity contribution in [3.63, 3.8) is 0 Å². The predicted octanol–water partition coefficient (Wildman–Crippen LogP) is 5.67. The van der Waals surface area contributed by atoms with Crippen LogP contribution in [0.15, 0.2) is 58.6 Å². The lowest BCUT2D eigenvalue weighted by Crippen LogP contribution is -2.17. The lowest BCUT2D eigenvalue weighted by Gasteiger charge is -2.18. The molecule has 3 aromatic rings. The van der Waals surface area contributed by atoms with E-state index in [-0.39, 0.29) is 23.6 Å². The summed E-state index contributed by atoms with van der Waals surface area (Å²) in [5.74, 6) is 1.37. The van der Waals surface area contributed by atoms with E-state index in [0.717, 1.165) is 10.6 Å². The minimum absolute atomic E-state index is 0.104. The van der Waals surface area contributed by atoms with Crippen molar-refractivity contribution in [3.8, 4) is 5.75 Å². The molecule has 9 heteroatoms. The molecule has 1 atom stereocenters. The van der Waals surface area contributed by atoms with E-state index in [0.29, 0.717) is 29.2 Å². The molecule has 1 N–H and O–H groups in total. The molecule has 0 aliphatic rings. The van der Waals surface area contributed by atoms with Gasteiger partial charge in [-0.1, -0.05) is 37.7 Å². The van der Waals surface area contributed by atoms with E-state index in [2.05, 4.69) is 29.4 Å². The van der Waals surface area contributed by atoms with E-state index in [1.54, 1.807) is 23.9 Å². The number of rotatable bonds is 10. The van der Waals surface area contributed by atoms with Gasteiger partial charge in [-0.3, -0.25) is 4.79 Å². The fourth-order valence-electron chi connectivity index (χ4n) is 3.08. The minimum atomic E-state index is -0.386. The lowest BCUT2D eigenvalue weighted by atomic mass is 10.2. The Labute approximate surface area is 196 Å². The van der Waals surface area contributed by atoms with Gasteiger partial charge in [0.25, 0.3) is 0 Å². The van der Waals surface area contributed by atoms with E-state index in [1.807, 2.05) is 42.0 Å². The number of ether oxygens (including phenoxy) is 1. The zero-order chi connectivity index (χ0) is 23.1. The van der Waals surface area contributed by atoms with Gasteiger partial charge in [0.1, 0.15) is 11.6 Å². The predicted molar refractivity (Wildman–Crippen MR) is 128 cm³/mol. The Morgan fingerprint density at radius 3 is 2.53 bits per heavy atom. The zero-order valence-corrected chi connectivity index (χ0v) is 20.2. The van der Waals surface area contributed by atoms with Crippen LogP contribution in [0.1, 0.15) is 32.7 Å². The van der Waals surface area contributed by atoms with Crippen LogP contribution in [-0.2, 0) is 11.3 Å². The molecule has 0 spiro atoms. The number of amides is 1. The average molecular weight is 475 g/mol. The number of hydrogen-bond acceptors (Lipinski definition) is 6. The van der Waals surface area contributed by atoms with E-state index in [9.17, 15) is 9.18 Å². The number of carbonyl (C=O) groups excluding carboxylic acids is 1. The summed E-state index contributed by atoms with van der Waals surface area (Å²) in [5.41, 5.74) is 0.802. The first-order valence-corrected chi connectivity index (χ1v) is 12.5. The quantitative estimate of drug-likeness (QED) is 0.382. The standard InChI is InChI=1S/C23H27FN4O2S2/c1-15(2)13-28-22(16(3)30-18-11-9-17(24)10-12-18)26-27-23(28)32-14-21(29)25-19-7-5-6-8-20(19)31-4/h5-12,15-16H,13-14H2,1-4H3,(H,25,29). The van der Waals surface area contributed by atoms with Crippen molar-refractivity contribution in [1.82, 2.24) is 14.8 Å². The molecule has 1 heterocycles. The largest absolute Gasteiger partial charge is 0.483 e. The van der Waals surface area contributed by atoms with Gasteiger partial charge in [-0.25, -0.2) is 4.39 Å². The molecule has 1 aromatic heterocycles. The maximum absolute atomic E-state index is 13.2. The zero-order valence-electron chi connectivity index (χ0n) is 18.5. The second-order valence-electron chi connectivity index (χ2n) is 7.60. The third kappa shape index (κ3) is 6.49. The molecule has 3 rings (SSSR count). The number of nitrogens with one attached hydrogen (secondary N) is 1. The molecule has 6 nitrogen and oxygen atoms in total. The van der Waals surface area contributed by atoms with Crippen molar-refractivity contribution in [2.24, 2.45) is 5.92 Å². The first kappa shape index (κ1) is 24.1. The molecule has 32 heavy (non-hydrogen) atoms. The number of para-hydroxylation sites is 1. The Bertz CT molecular complexity index is 1040. The van der Waals surface area contributed by atoms with Crippen LogP contribution in [0.5, 0.6) is 5.75 Å². The molecule has 0 aliphatic heterocycles. The minimum Gasteiger partial charge on any atom is -0.483 e. The van der Waals surface area contributed by atoms with E-state index in [4.69, 9.17) is 4.74 Å². The second-order valence-corrected chi connectivity index (χ2v) is 9.39. The van der Waals surface area contributed by atoms with Gasteiger partial charge >= 0.3 is 0 Å². The van der Waals surface area contributed by atoms with Crippen LogP contribution >= 0.6 is 23.5 Å². The smallest absolute Gasteiger partial charge is 0.234 e. The van der Waals surface area contributed by atoms with Crippen molar-refractivity contribution in [3.05, 3.63) is 60.2 Å².